The lowest BCUT2D eigenvalue weighted by molar-refractivity contribution is 0.312. The van der Waals surface area contributed by atoms with Crippen molar-refractivity contribution in [3.63, 3.8) is 0 Å². The number of aromatic nitrogens is 5. The van der Waals surface area contributed by atoms with Gasteiger partial charge in [0.2, 0.25) is 5.28 Å². The Morgan fingerprint density at radius 2 is 1.93 bits per heavy atom. The van der Waals surface area contributed by atoms with Gasteiger partial charge in [-0.1, -0.05) is 6.07 Å². The van der Waals surface area contributed by atoms with Crippen LogP contribution in [0.2, 0.25) is 5.28 Å². The van der Waals surface area contributed by atoms with Gasteiger partial charge in [-0.3, -0.25) is 0 Å². The average Bonchev–Trinajstić information content (AvgIpc) is 3.11. The Morgan fingerprint density at radius 1 is 1.14 bits per heavy atom. The van der Waals surface area contributed by atoms with E-state index in [1.807, 2.05) is 16.8 Å². The highest BCUT2D eigenvalue weighted by Gasteiger charge is 2.19. The molecule has 0 bridgehead atoms. The van der Waals surface area contributed by atoms with E-state index in [1.54, 1.807) is 6.33 Å². The van der Waals surface area contributed by atoms with Crippen LogP contribution in [-0.2, 0) is 6.54 Å². The van der Waals surface area contributed by atoms with E-state index in [4.69, 9.17) is 11.6 Å². The third-order valence-electron chi connectivity index (χ3n) is 5.07. The molecule has 0 amide bonds. The Morgan fingerprint density at radius 3 is 2.68 bits per heavy atom. The van der Waals surface area contributed by atoms with E-state index >= 15 is 0 Å². The summed E-state index contributed by atoms with van der Waals surface area (Å²) in [5.41, 5.74) is 2.59. The monoisotopic (exact) mass is 400 g/mol. The van der Waals surface area contributed by atoms with Crippen LogP contribution in [0.3, 0.4) is 0 Å². The van der Waals surface area contributed by atoms with E-state index in [0.29, 0.717) is 12.4 Å². The summed E-state index contributed by atoms with van der Waals surface area (Å²) in [6.07, 6.45) is 3.63. The number of hydrogen-bond donors (Lipinski definition) is 1. The van der Waals surface area contributed by atoms with Crippen molar-refractivity contribution >= 4 is 34.4 Å². The Labute approximate surface area is 169 Å². The molecule has 0 atom stereocenters. The molecule has 8 nitrogen and oxygen atoms in total. The molecule has 1 saturated heterocycles. The SMILES string of the molecule is CC(C)n1cnc2c(NCc3cccnc3N3CCN(C)CC3)nc(Cl)nc21. The number of fused-ring (bicyclic) bond motifs is 1. The van der Waals surface area contributed by atoms with Gasteiger partial charge in [0.05, 0.1) is 6.33 Å². The summed E-state index contributed by atoms with van der Waals surface area (Å²) in [5, 5.41) is 3.61. The molecule has 148 valence electrons. The zero-order valence-electron chi connectivity index (χ0n) is 16.4. The molecule has 1 fully saturated rings. The molecule has 9 heteroatoms. The van der Waals surface area contributed by atoms with Crippen molar-refractivity contribution in [2.75, 3.05) is 43.4 Å². The lowest BCUT2D eigenvalue weighted by Gasteiger charge is -2.34. The molecule has 4 rings (SSSR count). The van der Waals surface area contributed by atoms with E-state index in [-0.39, 0.29) is 11.3 Å². The second-order valence-corrected chi connectivity index (χ2v) is 7.73. The second kappa shape index (κ2) is 7.89. The van der Waals surface area contributed by atoms with Gasteiger partial charge in [-0.2, -0.15) is 9.97 Å². The van der Waals surface area contributed by atoms with E-state index in [9.17, 15) is 0 Å². The van der Waals surface area contributed by atoms with Crippen LogP contribution in [0.25, 0.3) is 11.2 Å². The fraction of sp³-hybridized carbons (Fsp3) is 0.474. The maximum absolute atomic E-state index is 6.18. The van der Waals surface area contributed by atoms with Gasteiger partial charge in [0, 0.05) is 50.5 Å². The fourth-order valence-electron chi connectivity index (χ4n) is 3.44. The second-order valence-electron chi connectivity index (χ2n) is 7.39. The smallest absolute Gasteiger partial charge is 0.226 e. The lowest BCUT2D eigenvalue weighted by atomic mass is 10.2. The molecule has 0 unspecified atom stereocenters. The molecule has 0 saturated carbocycles. The average molecular weight is 401 g/mol. The molecule has 1 aliphatic rings. The summed E-state index contributed by atoms with van der Waals surface area (Å²) in [7, 11) is 2.15. The van der Waals surface area contributed by atoms with Crippen LogP contribution in [0.15, 0.2) is 24.7 Å². The quantitative estimate of drug-likeness (QED) is 0.660. The zero-order valence-corrected chi connectivity index (χ0v) is 17.2. The van der Waals surface area contributed by atoms with Gasteiger partial charge in [-0.15, -0.1) is 0 Å². The van der Waals surface area contributed by atoms with Crippen molar-refractivity contribution in [1.82, 2.24) is 29.4 Å². The van der Waals surface area contributed by atoms with Crippen molar-refractivity contribution in [3.8, 4) is 0 Å². The van der Waals surface area contributed by atoms with E-state index in [2.05, 4.69) is 62.0 Å². The van der Waals surface area contributed by atoms with E-state index < -0.39 is 0 Å². The Bertz CT molecular complexity index is 962. The van der Waals surface area contributed by atoms with Crippen molar-refractivity contribution in [2.45, 2.75) is 26.4 Å². The van der Waals surface area contributed by atoms with Gasteiger partial charge in [-0.05, 0) is 38.6 Å². The molecule has 3 aromatic heterocycles. The summed E-state index contributed by atoms with van der Waals surface area (Å²) >= 11 is 6.18. The van der Waals surface area contributed by atoms with Crippen LogP contribution in [-0.4, -0.2) is 62.6 Å². The number of rotatable bonds is 5. The molecule has 0 spiro atoms. The highest BCUT2D eigenvalue weighted by atomic mass is 35.5. The Balaban J connectivity index is 1.59. The highest BCUT2D eigenvalue weighted by Crippen LogP contribution is 2.25. The standard InChI is InChI=1S/C19H25ClN8/c1-13(2)28-12-23-15-16(24-19(20)25-18(15)28)22-11-14-5-4-6-21-17(14)27-9-7-26(3)8-10-27/h4-6,12-13H,7-11H2,1-3H3,(H,22,24,25). The molecule has 1 aliphatic heterocycles. The van der Waals surface area contributed by atoms with Gasteiger partial charge in [0.15, 0.2) is 17.0 Å². The summed E-state index contributed by atoms with van der Waals surface area (Å²) in [6.45, 7) is 8.79. The number of nitrogens with one attached hydrogen (secondary N) is 1. The largest absolute Gasteiger partial charge is 0.364 e. The normalized spacial score (nSPS) is 15.5. The van der Waals surface area contributed by atoms with Crippen LogP contribution < -0.4 is 10.2 Å². The maximum Gasteiger partial charge on any atom is 0.226 e. The molecular formula is C19H25ClN8. The summed E-state index contributed by atoms with van der Waals surface area (Å²) in [4.78, 5) is 22.5. The van der Waals surface area contributed by atoms with Crippen molar-refractivity contribution in [3.05, 3.63) is 35.5 Å². The molecule has 0 aliphatic carbocycles. The van der Waals surface area contributed by atoms with Crippen molar-refractivity contribution in [1.29, 1.82) is 0 Å². The van der Waals surface area contributed by atoms with Gasteiger partial charge >= 0.3 is 0 Å². The Hall–Kier alpha value is -2.45. The van der Waals surface area contributed by atoms with Crippen LogP contribution in [0.4, 0.5) is 11.6 Å². The highest BCUT2D eigenvalue weighted by molar-refractivity contribution is 6.28. The number of imidazole rings is 1. The predicted octanol–water partition coefficient (Wildman–Crippen LogP) is 2.82. The summed E-state index contributed by atoms with van der Waals surface area (Å²) < 4.78 is 1.99. The molecular weight excluding hydrogens is 376 g/mol. The third-order valence-corrected chi connectivity index (χ3v) is 5.24. The van der Waals surface area contributed by atoms with Crippen LogP contribution in [0.5, 0.6) is 0 Å². The molecule has 28 heavy (non-hydrogen) atoms. The lowest BCUT2D eigenvalue weighted by Crippen LogP contribution is -2.45. The van der Waals surface area contributed by atoms with Gasteiger partial charge < -0.3 is 19.7 Å². The van der Waals surface area contributed by atoms with Gasteiger partial charge in [0.25, 0.3) is 0 Å². The molecule has 4 heterocycles. The number of anilines is 2. The third kappa shape index (κ3) is 3.74. The first-order valence-corrected chi connectivity index (χ1v) is 9.92. The minimum Gasteiger partial charge on any atom is -0.364 e. The first-order chi connectivity index (χ1) is 13.5. The van der Waals surface area contributed by atoms with E-state index in [1.165, 1.54) is 0 Å². The van der Waals surface area contributed by atoms with Crippen LogP contribution >= 0.6 is 11.6 Å². The number of likely N-dealkylation sites (N-methyl/N-ethyl adjacent to an activating group) is 1. The summed E-state index contributed by atoms with van der Waals surface area (Å²) in [5.74, 6) is 1.66. The number of halogens is 1. The number of nitrogens with zero attached hydrogens (tertiary/aromatic N) is 7. The van der Waals surface area contributed by atoms with Crippen molar-refractivity contribution < 1.29 is 0 Å². The molecule has 0 radical (unpaired) electrons. The molecule has 1 N–H and O–H groups in total. The Kier molecular flexibility index (Phi) is 5.32. The first kappa shape index (κ1) is 18.9. The van der Waals surface area contributed by atoms with Gasteiger partial charge in [-0.25, -0.2) is 9.97 Å². The minimum atomic E-state index is 0.211. The number of pyridine rings is 1. The summed E-state index contributed by atoms with van der Waals surface area (Å²) in [6, 6.07) is 4.30. The number of piperazine rings is 1. The maximum atomic E-state index is 6.18. The fourth-order valence-corrected chi connectivity index (χ4v) is 3.61. The topological polar surface area (TPSA) is 75.0 Å². The van der Waals surface area contributed by atoms with Gasteiger partial charge in [0.1, 0.15) is 5.82 Å². The van der Waals surface area contributed by atoms with Crippen LogP contribution in [0, 0.1) is 0 Å². The molecule has 0 aromatic carbocycles. The zero-order chi connectivity index (χ0) is 19.7. The van der Waals surface area contributed by atoms with E-state index in [0.717, 1.165) is 48.7 Å². The predicted molar refractivity (Wildman–Crippen MR) is 112 cm³/mol. The number of hydrogen-bond acceptors (Lipinski definition) is 7. The van der Waals surface area contributed by atoms with Crippen LogP contribution in [0.1, 0.15) is 25.5 Å². The minimum absolute atomic E-state index is 0.211. The molecule has 3 aromatic rings. The first-order valence-electron chi connectivity index (χ1n) is 9.54. The van der Waals surface area contributed by atoms with Crippen molar-refractivity contribution in [2.24, 2.45) is 0 Å².